The molecular weight excluding hydrogens is 524 g/mol. The number of benzene rings is 7. The molecule has 2 aromatic heterocycles. The zero-order valence-corrected chi connectivity index (χ0v) is 23.2. The van der Waals surface area contributed by atoms with Crippen molar-refractivity contribution < 1.29 is 4.42 Å². The Morgan fingerprint density at radius 3 is 1.98 bits per heavy atom. The van der Waals surface area contributed by atoms with Gasteiger partial charge in [0.25, 0.3) is 0 Å². The first-order chi connectivity index (χ1) is 21.3. The Morgan fingerprint density at radius 1 is 0.395 bits per heavy atom. The molecule has 9 rings (SSSR count). The van der Waals surface area contributed by atoms with Crippen LogP contribution in [-0.2, 0) is 0 Å². The summed E-state index contributed by atoms with van der Waals surface area (Å²) in [5.41, 5.74) is 7.83. The largest absolute Gasteiger partial charge is 0.455 e. The van der Waals surface area contributed by atoms with Crippen molar-refractivity contribution in [3.05, 3.63) is 146 Å². The quantitative estimate of drug-likeness (QED) is 0.220. The van der Waals surface area contributed by atoms with Gasteiger partial charge in [0.15, 0.2) is 5.82 Å². The summed E-state index contributed by atoms with van der Waals surface area (Å²) in [5, 5.41) is 7.81. The number of fused-ring (bicyclic) bond motifs is 7. The summed E-state index contributed by atoms with van der Waals surface area (Å²) in [6, 6.07) is 50.8. The Hall–Kier alpha value is -5.80. The van der Waals surface area contributed by atoms with Crippen LogP contribution >= 0.6 is 0 Å². The summed E-state index contributed by atoms with van der Waals surface area (Å²) in [5.74, 6) is 0.699. The van der Waals surface area contributed by atoms with E-state index < -0.39 is 0 Å². The van der Waals surface area contributed by atoms with Gasteiger partial charge in [-0.3, -0.25) is 0 Å². The van der Waals surface area contributed by atoms with Crippen LogP contribution in [0.15, 0.2) is 150 Å². The molecule has 3 nitrogen and oxygen atoms in total. The fourth-order valence-corrected chi connectivity index (χ4v) is 6.40. The smallest absolute Gasteiger partial charge is 0.160 e. The van der Waals surface area contributed by atoms with Crippen LogP contribution in [0.1, 0.15) is 0 Å². The molecule has 3 heteroatoms. The molecule has 0 unspecified atom stereocenters. The van der Waals surface area contributed by atoms with Gasteiger partial charge in [-0.1, -0.05) is 121 Å². The molecular formula is C40H24N2O. The van der Waals surface area contributed by atoms with Crippen LogP contribution < -0.4 is 0 Å². The van der Waals surface area contributed by atoms with Crippen molar-refractivity contribution in [2.45, 2.75) is 0 Å². The predicted molar refractivity (Wildman–Crippen MR) is 178 cm³/mol. The number of aromatic nitrogens is 2. The Bertz CT molecular complexity index is 2510. The maximum Gasteiger partial charge on any atom is 0.160 e. The summed E-state index contributed by atoms with van der Waals surface area (Å²) in [6.07, 6.45) is 0. The van der Waals surface area contributed by atoms with Crippen molar-refractivity contribution in [3.8, 4) is 33.8 Å². The lowest BCUT2D eigenvalue weighted by Gasteiger charge is -2.10. The van der Waals surface area contributed by atoms with Crippen molar-refractivity contribution in [2.24, 2.45) is 0 Å². The zero-order chi connectivity index (χ0) is 28.3. The normalized spacial score (nSPS) is 11.7. The number of furan rings is 1. The van der Waals surface area contributed by atoms with E-state index in [1.807, 2.05) is 12.1 Å². The molecule has 7 aromatic carbocycles. The molecule has 0 aliphatic heterocycles. The van der Waals surface area contributed by atoms with Gasteiger partial charge in [0, 0.05) is 32.7 Å². The summed E-state index contributed by atoms with van der Waals surface area (Å²) in [7, 11) is 0. The van der Waals surface area contributed by atoms with Gasteiger partial charge in [0.05, 0.1) is 11.2 Å². The highest BCUT2D eigenvalue weighted by atomic mass is 16.3. The maximum atomic E-state index is 6.83. The van der Waals surface area contributed by atoms with Gasteiger partial charge in [-0.2, -0.15) is 0 Å². The molecule has 0 fully saturated rings. The van der Waals surface area contributed by atoms with E-state index in [1.165, 1.54) is 27.3 Å². The minimum absolute atomic E-state index is 0.699. The monoisotopic (exact) mass is 548 g/mol. The van der Waals surface area contributed by atoms with E-state index in [4.69, 9.17) is 14.4 Å². The highest BCUT2D eigenvalue weighted by Crippen LogP contribution is 2.43. The molecule has 0 saturated heterocycles. The average molecular weight is 549 g/mol. The van der Waals surface area contributed by atoms with E-state index in [2.05, 4.69) is 133 Å². The first-order valence-corrected chi connectivity index (χ1v) is 14.5. The van der Waals surface area contributed by atoms with E-state index >= 15 is 0 Å². The molecule has 0 bridgehead atoms. The van der Waals surface area contributed by atoms with Crippen molar-refractivity contribution in [2.75, 3.05) is 0 Å². The number of hydrogen-bond acceptors (Lipinski definition) is 3. The van der Waals surface area contributed by atoms with Crippen LogP contribution in [0.3, 0.4) is 0 Å². The standard InChI is InChI=1S/C40H24N2O/c1-2-12-26(13-3-1)34-24-35-31-18-10-19-33(38(31)43-39(35)30-16-7-6-15-29(30)34)37-32-17-8-9-20-36(32)41-40(42-37)28-22-21-25-11-4-5-14-27(25)23-28/h1-24H. The lowest BCUT2D eigenvalue weighted by Crippen LogP contribution is -1.95. The second-order valence-electron chi connectivity index (χ2n) is 11.0. The van der Waals surface area contributed by atoms with Gasteiger partial charge in [-0.05, 0) is 51.6 Å². The molecule has 0 spiro atoms. The Labute approximate surface area is 247 Å². The summed E-state index contributed by atoms with van der Waals surface area (Å²) < 4.78 is 6.83. The number of rotatable bonds is 3. The molecule has 9 aromatic rings. The average Bonchev–Trinajstić information content (AvgIpc) is 3.47. The minimum Gasteiger partial charge on any atom is -0.455 e. The van der Waals surface area contributed by atoms with Gasteiger partial charge < -0.3 is 4.42 Å². The molecule has 2 heterocycles. The van der Waals surface area contributed by atoms with E-state index in [0.29, 0.717) is 5.82 Å². The SMILES string of the molecule is c1ccc(-c2cc3c4cccc(-c5nc(-c6ccc7ccccc7c6)nc6ccccc56)c4oc3c3ccccc23)cc1. The van der Waals surface area contributed by atoms with Gasteiger partial charge in [0.2, 0.25) is 0 Å². The van der Waals surface area contributed by atoms with Crippen molar-refractivity contribution in [1.29, 1.82) is 0 Å². The molecule has 43 heavy (non-hydrogen) atoms. The highest BCUT2D eigenvalue weighted by molar-refractivity contribution is 6.21. The van der Waals surface area contributed by atoms with Crippen LogP contribution in [0.2, 0.25) is 0 Å². The number of nitrogens with zero attached hydrogens (tertiary/aromatic N) is 2. The van der Waals surface area contributed by atoms with Crippen LogP contribution in [0.25, 0.3) is 88.2 Å². The molecule has 0 radical (unpaired) electrons. The molecule has 200 valence electrons. The molecule has 0 amide bonds. The predicted octanol–water partition coefficient (Wildman–Crippen LogP) is 10.8. The highest BCUT2D eigenvalue weighted by Gasteiger charge is 2.20. The van der Waals surface area contributed by atoms with E-state index in [9.17, 15) is 0 Å². The topological polar surface area (TPSA) is 38.9 Å². The van der Waals surface area contributed by atoms with Crippen molar-refractivity contribution in [3.63, 3.8) is 0 Å². The molecule has 0 aliphatic carbocycles. The third-order valence-electron chi connectivity index (χ3n) is 8.46. The Kier molecular flexibility index (Phi) is 5.20. The van der Waals surface area contributed by atoms with E-state index in [0.717, 1.165) is 55.0 Å². The van der Waals surface area contributed by atoms with Gasteiger partial charge >= 0.3 is 0 Å². The lowest BCUT2D eigenvalue weighted by atomic mass is 9.95. The molecule has 0 N–H and O–H groups in total. The van der Waals surface area contributed by atoms with Crippen LogP contribution in [0, 0.1) is 0 Å². The molecule has 0 saturated carbocycles. The third-order valence-corrected chi connectivity index (χ3v) is 8.46. The first kappa shape index (κ1) is 23.9. The van der Waals surface area contributed by atoms with E-state index in [1.54, 1.807) is 0 Å². The summed E-state index contributed by atoms with van der Waals surface area (Å²) in [4.78, 5) is 10.2. The number of hydrogen-bond donors (Lipinski definition) is 0. The molecule has 0 aliphatic rings. The van der Waals surface area contributed by atoms with Crippen molar-refractivity contribution in [1.82, 2.24) is 9.97 Å². The second kappa shape index (κ2) is 9.37. The van der Waals surface area contributed by atoms with E-state index in [-0.39, 0.29) is 0 Å². The fourth-order valence-electron chi connectivity index (χ4n) is 6.40. The fraction of sp³-hybridized carbons (Fsp3) is 0. The minimum atomic E-state index is 0.699. The summed E-state index contributed by atoms with van der Waals surface area (Å²) >= 11 is 0. The van der Waals surface area contributed by atoms with Crippen LogP contribution in [0.4, 0.5) is 0 Å². The van der Waals surface area contributed by atoms with Gasteiger partial charge in [0.1, 0.15) is 11.2 Å². The van der Waals surface area contributed by atoms with Crippen molar-refractivity contribution >= 4 is 54.4 Å². The zero-order valence-electron chi connectivity index (χ0n) is 23.2. The maximum absolute atomic E-state index is 6.83. The first-order valence-electron chi connectivity index (χ1n) is 14.5. The van der Waals surface area contributed by atoms with Gasteiger partial charge in [-0.25, -0.2) is 9.97 Å². The summed E-state index contributed by atoms with van der Waals surface area (Å²) in [6.45, 7) is 0. The van der Waals surface area contributed by atoms with Crippen LogP contribution in [-0.4, -0.2) is 9.97 Å². The lowest BCUT2D eigenvalue weighted by molar-refractivity contribution is 0.673. The van der Waals surface area contributed by atoms with Gasteiger partial charge in [-0.15, -0.1) is 0 Å². The third kappa shape index (κ3) is 3.75. The Balaban J connectivity index is 1.33. The Morgan fingerprint density at radius 2 is 1.09 bits per heavy atom. The molecule has 0 atom stereocenters. The number of para-hydroxylation sites is 2. The second-order valence-corrected chi connectivity index (χ2v) is 11.0. The van der Waals surface area contributed by atoms with Crippen LogP contribution in [0.5, 0.6) is 0 Å².